The van der Waals surface area contributed by atoms with Crippen molar-refractivity contribution in [3.05, 3.63) is 34.9 Å². The number of rotatable bonds is 1. The summed E-state index contributed by atoms with van der Waals surface area (Å²) < 4.78 is 97.1. The minimum absolute atomic E-state index is 0.0838. The number of carbonyl (C=O) groups is 1. The van der Waals surface area contributed by atoms with Crippen LogP contribution in [0.2, 0.25) is 0 Å². The van der Waals surface area contributed by atoms with Crippen molar-refractivity contribution in [2.45, 2.75) is 12.4 Å². The minimum atomic E-state index is -5.58. The fourth-order valence-corrected chi connectivity index (χ4v) is 2.08. The van der Waals surface area contributed by atoms with E-state index in [2.05, 4.69) is 10.7 Å². The van der Waals surface area contributed by atoms with Crippen molar-refractivity contribution < 1.29 is 39.6 Å². The van der Waals surface area contributed by atoms with Crippen LogP contribution in [-0.2, 0) is 21.4 Å². The number of carbonyl (C=O) groups excluding carboxylic acids is 1. The Morgan fingerprint density at radius 1 is 1.00 bits per heavy atom. The zero-order valence-electron chi connectivity index (χ0n) is 9.01. The van der Waals surface area contributed by atoms with Gasteiger partial charge in [-0.1, -0.05) is 6.07 Å². The summed E-state index contributed by atoms with van der Waals surface area (Å²) in [5.74, 6) is 0. The number of hydrogen-bond donors (Lipinski definition) is 0. The highest BCUT2D eigenvalue weighted by Crippen LogP contribution is 2.42. The van der Waals surface area contributed by atoms with Crippen LogP contribution in [0, 0.1) is 0 Å². The number of alkyl halides is 6. The van der Waals surface area contributed by atoms with E-state index >= 15 is 0 Å². The van der Waals surface area contributed by atoms with Crippen LogP contribution in [0.4, 0.5) is 26.3 Å². The molecule has 0 amide bonds. The lowest BCUT2D eigenvalue weighted by Gasteiger charge is -2.17. The summed E-state index contributed by atoms with van der Waals surface area (Å²) in [6.45, 7) is 0. The molecule has 0 unspecified atom stereocenters. The maximum atomic E-state index is 12.7. The molecule has 112 valence electrons. The normalized spacial score (nSPS) is 13.3. The molecule has 11 heteroatoms. The predicted octanol–water partition coefficient (Wildman–Crippen LogP) is 3.43. The predicted molar refractivity (Wildman–Crippen MR) is 55.5 cm³/mol. The summed E-state index contributed by atoms with van der Waals surface area (Å²) >= 11 is 0. The molecule has 1 rings (SSSR count). The first-order chi connectivity index (χ1) is 8.76. The maximum Gasteiger partial charge on any atom is 0.417 e. The first-order valence-electron chi connectivity index (χ1n) is 4.52. The van der Waals surface area contributed by atoms with Crippen LogP contribution in [0.3, 0.4) is 0 Å². The van der Waals surface area contributed by atoms with Crippen molar-refractivity contribution >= 4 is 24.8 Å². The average Bonchev–Trinajstić information content (AvgIpc) is 2.23. The molecule has 0 aromatic heterocycles. The third-order valence-corrected chi connectivity index (χ3v) is 3.18. The van der Waals surface area contributed by atoms with Gasteiger partial charge in [-0.15, -0.1) is 0 Å². The Hall–Kier alpha value is -1.29. The quantitative estimate of drug-likeness (QED) is 0.581. The van der Waals surface area contributed by atoms with Crippen molar-refractivity contribution in [2.24, 2.45) is 0 Å². The van der Waals surface area contributed by atoms with E-state index in [0.717, 1.165) is 0 Å². The molecule has 0 heterocycles. The largest absolute Gasteiger partial charge is 0.417 e. The van der Waals surface area contributed by atoms with Crippen molar-refractivity contribution in [2.75, 3.05) is 0 Å². The molecule has 0 aliphatic heterocycles. The van der Waals surface area contributed by atoms with Crippen molar-refractivity contribution in [3.8, 4) is 0 Å². The van der Waals surface area contributed by atoms with E-state index in [1.165, 1.54) is 0 Å². The summed E-state index contributed by atoms with van der Waals surface area (Å²) in [6, 6.07) is 0.869. The number of benzene rings is 1. The third kappa shape index (κ3) is 3.42. The lowest BCUT2D eigenvalue weighted by atomic mass is 10.0. The van der Waals surface area contributed by atoms with Gasteiger partial charge in [0.05, 0.1) is 11.1 Å². The van der Waals surface area contributed by atoms with Gasteiger partial charge in [-0.05, 0) is 12.1 Å². The van der Waals surface area contributed by atoms with Crippen LogP contribution in [-0.4, -0.2) is 13.5 Å². The van der Waals surface area contributed by atoms with Crippen molar-refractivity contribution in [1.29, 1.82) is 0 Å². The maximum absolute atomic E-state index is 12.7. The number of hydrogen-bond acceptors (Lipinski definition) is 3. The van der Waals surface area contributed by atoms with E-state index in [1.807, 2.05) is 0 Å². The first-order valence-corrected chi connectivity index (χ1v) is 6.83. The number of halogens is 7. The van der Waals surface area contributed by atoms with Gasteiger partial charge in [-0.25, -0.2) is 8.42 Å². The highest BCUT2D eigenvalue weighted by molar-refractivity contribution is 8.25. The summed E-state index contributed by atoms with van der Waals surface area (Å²) in [5, 5.41) is -2.25. The third-order valence-electron chi connectivity index (χ3n) is 2.09. The van der Waals surface area contributed by atoms with E-state index in [-0.39, 0.29) is 6.07 Å². The molecule has 0 fully saturated rings. The fourth-order valence-electron chi connectivity index (χ4n) is 1.40. The Bertz CT molecular complexity index is 647. The van der Waals surface area contributed by atoms with E-state index in [0.29, 0.717) is 12.1 Å². The Kier molecular flexibility index (Phi) is 4.12. The zero-order valence-corrected chi connectivity index (χ0v) is 10.6. The monoisotopic (exact) mass is 340 g/mol. The molecule has 0 bridgehead atoms. The highest BCUT2D eigenvalue weighted by Gasteiger charge is 2.46. The summed E-state index contributed by atoms with van der Waals surface area (Å²) in [4.78, 5) is 11.2. The molecular weight excluding hydrogens is 338 g/mol. The van der Waals surface area contributed by atoms with Gasteiger partial charge in [-0.3, -0.25) is 4.79 Å². The molecule has 3 nitrogen and oxygen atoms in total. The SMILES string of the molecule is O=C(c1cccc(C(F)(F)F)c1C(F)(F)F)S(=O)(=O)Cl. The van der Waals surface area contributed by atoms with Crippen molar-refractivity contribution in [3.63, 3.8) is 0 Å². The molecule has 0 atom stereocenters. The molecule has 1 aromatic carbocycles. The van der Waals surface area contributed by atoms with Crippen LogP contribution in [0.1, 0.15) is 21.5 Å². The minimum Gasteiger partial charge on any atom is -0.275 e. The van der Waals surface area contributed by atoms with Crippen LogP contribution in [0.5, 0.6) is 0 Å². The van der Waals surface area contributed by atoms with Crippen LogP contribution < -0.4 is 0 Å². The molecule has 0 saturated heterocycles. The molecule has 0 aliphatic carbocycles. The Morgan fingerprint density at radius 3 is 1.85 bits per heavy atom. The molecule has 1 aromatic rings. The van der Waals surface area contributed by atoms with Crippen molar-refractivity contribution in [1.82, 2.24) is 0 Å². The summed E-state index contributed by atoms with van der Waals surface area (Å²) in [7, 11) is -0.554. The second kappa shape index (κ2) is 4.92. The van der Waals surface area contributed by atoms with Gasteiger partial charge >= 0.3 is 12.4 Å². The van der Waals surface area contributed by atoms with E-state index in [4.69, 9.17) is 0 Å². The second-order valence-corrected chi connectivity index (χ2v) is 5.91. The Morgan fingerprint density at radius 2 is 1.50 bits per heavy atom. The topological polar surface area (TPSA) is 51.2 Å². The van der Waals surface area contributed by atoms with Gasteiger partial charge in [0.2, 0.25) is 0 Å². The fraction of sp³-hybridized carbons (Fsp3) is 0.222. The summed E-state index contributed by atoms with van der Waals surface area (Å²) in [6.07, 6.45) is -11.0. The molecule has 20 heavy (non-hydrogen) atoms. The molecule has 0 spiro atoms. The van der Waals surface area contributed by atoms with E-state index in [1.54, 1.807) is 0 Å². The molecule has 0 N–H and O–H groups in total. The molecule has 0 aliphatic rings. The zero-order chi connectivity index (χ0) is 15.9. The molecule has 0 saturated carbocycles. The van der Waals surface area contributed by atoms with Crippen LogP contribution >= 0.6 is 10.7 Å². The van der Waals surface area contributed by atoms with Gasteiger partial charge < -0.3 is 0 Å². The van der Waals surface area contributed by atoms with Gasteiger partial charge in [0, 0.05) is 16.2 Å². The van der Waals surface area contributed by atoms with E-state index < -0.39 is 43.2 Å². The van der Waals surface area contributed by atoms with Gasteiger partial charge in [0.15, 0.2) is 0 Å². The highest BCUT2D eigenvalue weighted by atomic mass is 35.7. The van der Waals surface area contributed by atoms with E-state index in [9.17, 15) is 39.6 Å². The van der Waals surface area contributed by atoms with Gasteiger partial charge in [0.1, 0.15) is 0 Å². The van der Waals surface area contributed by atoms with Crippen LogP contribution in [0.15, 0.2) is 18.2 Å². The van der Waals surface area contributed by atoms with Gasteiger partial charge in [-0.2, -0.15) is 26.3 Å². The molecule has 0 radical (unpaired) electrons. The Labute approximate surface area is 112 Å². The average molecular weight is 341 g/mol. The Balaban J connectivity index is 3.77. The first kappa shape index (κ1) is 16.8. The summed E-state index contributed by atoms with van der Waals surface area (Å²) in [5.41, 5.74) is -6.24. The standard InChI is InChI=1S/C9H3ClF6O3S/c10-20(18,19)7(17)4-2-1-3-5(8(11,12)13)6(4)9(14,15)16/h1-3H. The lowest BCUT2D eigenvalue weighted by molar-refractivity contribution is -0.162. The second-order valence-electron chi connectivity index (χ2n) is 3.45. The molecular formula is C9H3ClF6O3S. The van der Waals surface area contributed by atoms with Crippen LogP contribution in [0.25, 0.3) is 0 Å². The lowest BCUT2D eigenvalue weighted by Crippen LogP contribution is -2.22. The smallest absolute Gasteiger partial charge is 0.275 e. The van der Waals surface area contributed by atoms with Gasteiger partial charge in [0.25, 0.3) is 14.2 Å².